The van der Waals surface area contributed by atoms with Crippen LogP contribution in [0.3, 0.4) is 0 Å². The lowest BCUT2D eigenvalue weighted by Gasteiger charge is -2.24. The quantitative estimate of drug-likeness (QED) is 0.821. The van der Waals surface area contributed by atoms with E-state index in [0.717, 1.165) is 18.4 Å². The van der Waals surface area contributed by atoms with Crippen LogP contribution >= 0.6 is 11.6 Å². The summed E-state index contributed by atoms with van der Waals surface area (Å²) in [5.74, 6) is 0.170. The molecular formula is C15H21ClN2O2. The van der Waals surface area contributed by atoms with Gasteiger partial charge in [-0.25, -0.2) is 0 Å². The van der Waals surface area contributed by atoms with Gasteiger partial charge in [0.05, 0.1) is 6.04 Å². The van der Waals surface area contributed by atoms with Crippen LogP contribution in [0.1, 0.15) is 31.5 Å². The molecule has 2 rings (SSSR count). The van der Waals surface area contributed by atoms with Crippen LogP contribution in [0.5, 0.6) is 0 Å². The minimum atomic E-state index is -0.0989. The maximum Gasteiger partial charge on any atom is 0.241 e. The molecule has 0 aliphatic carbocycles. The third-order valence-electron chi connectivity index (χ3n) is 3.59. The van der Waals surface area contributed by atoms with Gasteiger partial charge < -0.3 is 9.64 Å². The highest BCUT2D eigenvalue weighted by molar-refractivity contribution is 6.30. The summed E-state index contributed by atoms with van der Waals surface area (Å²) in [5, 5.41) is 4.10. The van der Waals surface area contributed by atoms with Gasteiger partial charge in [0.1, 0.15) is 6.17 Å². The van der Waals surface area contributed by atoms with Gasteiger partial charge >= 0.3 is 0 Å². The lowest BCUT2D eigenvalue weighted by Crippen LogP contribution is -2.32. The second-order valence-corrected chi connectivity index (χ2v) is 5.40. The Kier molecular flexibility index (Phi) is 5.40. The molecule has 1 aliphatic rings. The number of halogens is 1. The average Bonchev–Trinajstić information content (AvgIpc) is 2.77. The highest BCUT2D eigenvalue weighted by atomic mass is 35.5. The number of amides is 1. The minimum absolute atomic E-state index is 0.0680. The molecule has 1 amide bonds. The van der Waals surface area contributed by atoms with Crippen LogP contribution in [0.15, 0.2) is 24.3 Å². The third kappa shape index (κ3) is 3.32. The van der Waals surface area contributed by atoms with Crippen LogP contribution in [-0.2, 0) is 9.53 Å². The molecule has 2 unspecified atom stereocenters. The summed E-state index contributed by atoms with van der Waals surface area (Å²) in [4.78, 5) is 14.3. The van der Waals surface area contributed by atoms with Gasteiger partial charge in [-0.1, -0.05) is 30.7 Å². The molecule has 1 aromatic carbocycles. The molecule has 110 valence electrons. The van der Waals surface area contributed by atoms with Crippen molar-refractivity contribution in [1.82, 2.24) is 10.2 Å². The fraction of sp³-hybridized carbons (Fsp3) is 0.533. The van der Waals surface area contributed by atoms with Crippen molar-refractivity contribution < 1.29 is 9.53 Å². The molecule has 0 aromatic heterocycles. The Morgan fingerprint density at radius 2 is 2.05 bits per heavy atom. The molecule has 20 heavy (non-hydrogen) atoms. The van der Waals surface area contributed by atoms with Gasteiger partial charge in [-0.3, -0.25) is 10.1 Å². The van der Waals surface area contributed by atoms with Gasteiger partial charge in [0.2, 0.25) is 5.91 Å². The van der Waals surface area contributed by atoms with Crippen LogP contribution in [0, 0.1) is 0 Å². The van der Waals surface area contributed by atoms with Crippen molar-refractivity contribution in [3.63, 3.8) is 0 Å². The normalized spacial score (nSPS) is 22.6. The van der Waals surface area contributed by atoms with Crippen molar-refractivity contribution >= 4 is 17.5 Å². The van der Waals surface area contributed by atoms with Gasteiger partial charge in [0, 0.05) is 25.3 Å². The van der Waals surface area contributed by atoms with E-state index < -0.39 is 0 Å². The lowest BCUT2D eigenvalue weighted by molar-refractivity contribution is -0.130. The minimum Gasteiger partial charge on any atom is -0.385 e. The molecule has 0 bridgehead atoms. The van der Waals surface area contributed by atoms with E-state index in [2.05, 4.69) is 5.32 Å². The molecule has 2 atom stereocenters. The number of benzene rings is 1. The fourth-order valence-electron chi connectivity index (χ4n) is 2.51. The molecule has 0 saturated carbocycles. The van der Waals surface area contributed by atoms with E-state index in [1.165, 1.54) is 0 Å². The van der Waals surface area contributed by atoms with Gasteiger partial charge in [-0.2, -0.15) is 0 Å². The molecule has 1 N–H and O–H groups in total. The first kappa shape index (κ1) is 15.3. The van der Waals surface area contributed by atoms with Crippen molar-refractivity contribution in [1.29, 1.82) is 0 Å². The summed E-state index contributed by atoms with van der Waals surface area (Å²) >= 11 is 5.92. The van der Waals surface area contributed by atoms with E-state index in [0.29, 0.717) is 18.2 Å². The van der Waals surface area contributed by atoms with E-state index in [4.69, 9.17) is 16.3 Å². The number of methoxy groups -OCH3 is 1. The van der Waals surface area contributed by atoms with Crippen LogP contribution in [0.25, 0.3) is 0 Å². The second-order valence-electron chi connectivity index (χ2n) is 4.96. The smallest absolute Gasteiger partial charge is 0.241 e. The SMILES string of the molecule is CCC1NC(c2ccc(Cl)cc2)N(CCCOC)C1=O. The summed E-state index contributed by atoms with van der Waals surface area (Å²) in [6.45, 7) is 3.38. The number of carbonyl (C=O) groups excluding carboxylic acids is 1. The number of nitrogens with one attached hydrogen (secondary N) is 1. The highest BCUT2D eigenvalue weighted by Gasteiger charge is 2.37. The number of hydrogen-bond acceptors (Lipinski definition) is 3. The number of hydrogen-bond donors (Lipinski definition) is 1. The first-order valence-electron chi connectivity index (χ1n) is 6.98. The summed E-state index contributed by atoms with van der Waals surface area (Å²) in [6, 6.07) is 7.55. The Morgan fingerprint density at radius 3 is 2.65 bits per heavy atom. The monoisotopic (exact) mass is 296 g/mol. The molecule has 1 heterocycles. The molecule has 4 nitrogen and oxygen atoms in total. The molecule has 1 aromatic rings. The Hall–Kier alpha value is -1.10. The van der Waals surface area contributed by atoms with Crippen LogP contribution < -0.4 is 5.32 Å². The van der Waals surface area contributed by atoms with E-state index in [1.807, 2.05) is 36.1 Å². The Morgan fingerprint density at radius 1 is 1.35 bits per heavy atom. The number of ether oxygens (including phenoxy) is 1. The summed E-state index contributed by atoms with van der Waals surface area (Å²) in [5.41, 5.74) is 1.07. The zero-order valence-corrected chi connectivity index (χ0v) is 12.7. The maximum atomic E-state index is 12.4. The zero-order valence-electron chi connectivity index (χ0n) is 11.9. The predicted octanol–water partition coefficient (Wildman–Crippen LogP) is 2.59. The van der Waals surface area contributed by atoms with E-state index in [1.54, 1.807) is 7.11 Å². The molecule has 1 fully saturated rings. The zero-order chi connectivity index (χ0) is 14.5. The van der Waals surface area contributed by atoms with E-state index >= 15 is 0 Å². The Bertz CT molecular complexity index is 450. The third-order valence-corrected chi connectivity index (χ3v) is 3.85. The summed E-state index contributed by atoms with van der Waals surface area (Å²) in [7, 11) is 1.68. The van der Waals surface area contributed by atoms with Gasteiger partial charge in [-0.15, -0.1) is 0 Å². The fourth-order valence-corrected chi connectivity index (χ4v) is 2.64. The lowest BCUT2D eigenvalue weighted by atomic mass is 10.1. The standard InChI is InChI=1S/C15H21ClN2O2/c1-3-13-15(19)18(9-4-10-20-2)14(17-13)11-5-7-12(16)8-6-11/h5-8,13-14,17H,3-4,9-10H2,1-2H3. The molecule has 1 aliphatic heterocycles. The van der Waals surface area contributed by atoms with Gasteiger partial charge in [0.15, 0.2) is 0 Å². The van der Waals surface area contributed by atoms with Crippen LogP contribution in [0.4, 0.5) is 0 Å². The topological polar surface area (TPSA) is 41.6 Å². The maximum absolute atomic E-state index is 12.4. The first-order chi connectivity index (χ1) is 9.67. The summed E-state index contributed by atoms with van der Waals surface area (Å²) < 4.78 is 5.07. The van der Waals surface area contributed by atoms with Crippen molar-refractivity contribution in [3.8, 4) is 0 Å². The number of rotatable bonds is 6. The van der Waals surface area contributed by atoms with Gasteiger partial charge in [-0.05, 0) is 30.5 Å². The van der Waals surface area contributed by atoms with E-state index in [9.17, 15) is 4.79 Å². The molecular weight excluding hydrogens is 276 g/mol. The summed E-state index contributed by atoms with van der Waals surface area (Å²) in [6.07, 6.45) is 1.57. The van der Waals surface area contributed by atoms with Crippen LogP contribution in [0.2, 0.25) is 5.02 Å². The van der Waals surface area contributed by atoms with Crippen molar-refractivity contribution in [2.45, 2.75) is 32.0 Å². The van der Waals surface area contributed by atoms with E-state index in [-0.39, 0.29) is 18.1 Å². The number of carbonyl (C=O) groups is 1. The highest BCUT2D eigenvalue weighted by Crippen LogP contribution is 2.27. The predicted molar refractivity (Wildman–Crippen MR) is 79.6 cm³/mol. The second kappa shape index (κ2) is 7.07. The molecule has 0 radical (unpaired) electrons. The average molecular weight is 297 g/mol. The van der Waals surface area contributed by atoms with Crippen molar-refractivity contribution in [2.24, 2.45) is 0 Å². The van der Waals surface area contributed by atoms with Crippen molar-refractivity contribution in [2.75, 3.05) is 20.3 Å². The Balaban J connectivity index is 2.15. The first-order valence-corrected chi connectivity index (χ1v) is 7.36. The van der Waals surface area contributed by atoms with Crippen LogP contribution in [-0.4, -0.2) is 37.1 Å². The van der Waals surface area contributed by atoms with Gasteiger partial charge in [0.25, 0.3) is 0 Å². The largest absolute Gasteiger partial charge is 0.385 e. The number of nitrogens with zero attached hydrogens (tertiary/aromatic N) is 1. The molecule has 5 heteroatoms. The molecule has 1 saturated heterocycles. The van der Waals surface area contributed by atoms with Crippen molar-refractivity contribution in [3.05, 3.63) is 34.9 Å². The molecule has 0 spiro atoms. The Labute approximate surface area is 125 Å².